The number of amides is 2. The molecule has 0 saturated carbocycles. The molecule has 0 unspecified atom stereocenters. The van der Waals surface area contributed by atoms with Crippen molar-refractivity contribution >= 4 is 23.9 Å². The first-order chi connectivity index (χ1) is 18.2. The Hall–Kier alpha value is -3.88. The first-order valence-corrected chi connectivity index (χ1v) is 13.0. The summed E-state index contributed by atoms with van der Waals surface area (Å²) in [5.74, 6) is -1.74. The maximum absolute atomic E-state index is 12.9. The lowest BCUT2D eigenvalue weighted by Gasteiger charge is -2.26. The van der Waals surface area contributed by atoms with Crippen LogP contribution in [0.3, 0.4) is 0 Å². The van der Waals surface area contributed by atoms with Gasteiger partial charge >= 0.3 is 18.0 Å². The number of rotatable bonds is 11. The molecule has 0 aliphatic carbocycles. The summed E-state index contributed by atoms with van der Waals surface area (Å²) in [5, 5.41) is 5.23. The molecule has 0 heterocycles. The fourth-order valence-electron chi connectivity index (χ4n) is 3.49. The highest BCUT2D eigenvalue weighted by molar-refractivity contribution is 5.86. The van der Waals surface area contributed by atoms with E-state index < -0.39 is 47.2 Å². The Kier molecular flexibility index (Phi) is 11.5. The molecule has 0 aliphatic heterocycles. The molecule has 0 fully saturated rings. The van der Waals surface area contributed by atoms with Gasteiger partial charge in [-0.1, -0.05) is 60.7 Å². The molecular formula is C30H40N2O7. The Bertz CT molecular complexity index is 1090. The van der Waals surface area contributed by atoms with E-state index in [1.807, 2.05) is 48.5 Å². The van der Waals surface area contributed by atoms with Crippen LogP contribution in [-0.2, 0) is 41.6 Å². The number of nitrogens with one attached hydrogen (secondary N) is 2. The summed E-state index contributed by atoms with van der Waals surface area (Å²) in [5.41, 5.74) is 0.100. The van der Waals surface area contributed by atoms with Crippen LogP contribution in [0.25, 0.3) is 0 Å². The summed E-state index contributed by atoms with van der Waals surface area (Å²) < 4.78 is 16.2. The van der Waals surface area contributed by atoms with E-state index in [-0.39, 0.29) is 25.9 Å². The van der Waals surface area contributed by atoms with E-state index in [1.54, 1.807) is 53.7 Å². The van der Waals surface area contributed by atoms with E-state index in [0.717, 1.165) is 11.1 Å². The lowest BCUT2D eigenvalue weighted by molar-refractivity contribution is -0.159. The highest BCUT2D eigenvalue weighted by atomic mass is 16.6. The zero-order chi connectivity index (χ0) is 29.1. The third-order valence-corrected chi connectivity index (χ3v) is 5.17. The summed E-state index contributed by atoms with van der Waals surface area (Å²) in [7, 11) is 0. The Morgan fingerprint density at radius 2 is 1.18 bits per heavy atom. The second-order valence-electron chi connectivity index (χ2n) is 11.2. The molecule has 9 nitrogen and oxygen atoms in total. The number of hydrogen-bond donors (Lipinski definition) is 2. The van der Waals surface area contributed by atoms with Gasteiger partial charge in [-0.25, -0.2) is 14.4 Å². The summed E-state index contributed by atoms with van der Waals surface area (Å²) in [6.07, 6.45) is -0.795. The highest BCUT2D eigenvalue weighted by Crippen LogP contribution is 2.14. The van der Waals surface area contributed by atoms with Crippen LogP contribution in [0.4, 0.5) is 4.79 Å². The minimum Gasteiger partial charge on any atom is -0.458 e. The molecule has 2 amide bonds. The minimum absolute atomic E-state index is 0.0191. The standard InChI is InChI=1S/C30H40N2O7/c1-29(2,3)38-26(34)23(32-28(36)37-20-22-15-11-8-12-16-22)17-18-25(33)31-24(27(35)39-30(4,5)6)19-21-13-9-7-10-14-21/h7-16,23-24H,17-20H2,1-6H3,(H,31,33)(H,32,36)/t23-,24-/m0/s1. The van der Waals surface area contributed by atoms with Crippen LogP contribution in [0, 0.1) is 0 Å². The molecule has 0 saturated heterocycles. The molecular weight excluding hydrogens is 500 g/mol. The second-order valence-corrected chi connectivity index (χ2v) is 11.2. The first-order valence-electron chi connectivity index (χ1n) is 13.0. The average molecular weight is 541 g/mol. The molecule has 212 valence electrons. The molecule has 0 spiro atoms. The van der Waals surface area contributed by atoms with Crippen molar-refractivity contribution in [2.24, 2.45) is 0 Å². The van der Waals surface area contributed by atoms with Crippen LogP contribution in [0.15, 0.2) is 60.7 Å². The molecule has 0 radical (unpaired) electrons. The van der Waals surface area contributed by atoms with E-state index in [4.69, 9.17) is 14.2 Å². The van der Waals surface area contributed by atoms with Gasteiger partial charge in [-0.15, -0.1) is 0 Å². The predicted octanol–water partition coefficient (Wildman–Crippen LogP) is 4.47. The highest BCUT2D eigenvalue weighted by Gasteiger charge is 2.30. The van der Waals surface area contributed by atoms with Crippen molar-refractivity contribution in [2.45, 2.75) is 90.7 Å². The monoisotopic (exact) mass is 540 g/mol. The number of benzene rings is 2. The Morgan fingerprint density at radius 1 is 0.692 bits per heavy atom. The van der Waals surface area contributed by atoms with Gasteiger partial charge in [0.05, 0.1) is 0 Å². The van der Waals surface area contributed by atoms with Gasteiger partial charge in [0, 0.05) is 12.8 Å². The average Bonchev–Trinajstić information content (AvgIpc) is 2.84. The van der Waals surface area contributed by atoms with Gasteiger partial charge in [0.2, 0.25) is 5.91 Å². The van der Waals surface area contributed by atoms with E-state index in [9.17, 15) is 19.2 Å². The van der Waals surface area contributed by atoms with Crippen molar-refractivity contribution in [3.63, 3.8) is 0 Å². The lowest BCUT2D eigenvalue weighted by atomic mass is 10.0. The van der Waals surface area contributed by atoms with Gasteiger partial charge in [0.1, 0.15) is 29.9 Å². The zero-order valence-electron chi connectivity index (χ0n) is 23.6. The van der Waals surface area contributed by atoms with E-state index >= 15 is 0 Å². The molecule has 2 aromatic carbocycles. The Balaban J connectivity index is 2.05. The summed E-state index contributed by atoms with van der Waals surface area (Å²) in [4.78, 5) is 51.0. The van der Waals surface area contributed by atoms with Gasteiger partial charge < -0.3 is 24.8 Å². The molecule has 2 aromatic rings. The number of ether oxygens (including phenoxy) is 3. The van der Waals surface area contributed by atoms with Gasteiger partial charge in [-0.2, -0.15) is 0 Å². The van der Waals surface area contributed by atoms with Gasteiger partial charge in [0.15, 0.2) is 0 Å². The van der Waals surface area contributed by atoms with Crippen LogP contribution in [0.1, 0.15) is 65.5 Å². The van der Waals surface area contributed by atoms with E-state index in [0.29, 0.717) is 0 Å². The van der Waals surface area contributed by atoms with Gasteiger partial charge in [-0.05, 0) is 59.1 Å². The van der Waals surface area contributed by atoms with Crippen molar-refractivity contribution in [3.05, 3.63) is 71.8 Å². The van der Waals surface area contributed by atoms with Crippen molar-refractivity contribution < 1.29 is 33.4 Å². The van der Waals surface area contributed by atoms with Crippen molar-refractivity contribution in [3.8, 4) is 0 Å². The van der Waals surface area contributed by atoms with Gasteiger partial charge in [0.25, 0.3) is 0 Å². The van der Waals surface area contributed by atoms with Crippen molar-refractivity contribution in [2.75, 3.05) is 0 Å². The van der Waals surface area contributed by atoms with Crippen molar-refractivity contribution in [1.29, 1.82) is 0 Å². The first kappa shape index (κ1) is 31.3. The largest absolute Gasteiger partial charge is 0.458 e. The van der Waals surface area contributed by atoms with Crippen LogP contribution < -0.4 is 10.6 Å². The molecule has 39 heavy (non-hydrogen) atoms. The Labute approximate surface area is 230 Å². The third-order valence-electron chi connectivity index (χ3n) is 5.17. The number of carbonyl (C=O) groups excluding carboxylic acids is 4. The lowest BCUT2D eigenvalue weighted by Crippen LogP contribution is -2.47. The van der Waals surface area contributed by atoms with E-state index in [1.165, 1.54) is 0 Å². The van der Waals surface area contributed by atoms with Crippen LogP contribution >= 0.6 is 0 Å². The Morgan fingerprint density at radius 3 is 1.69 bits per heavy atom. The maximum Gasteiger partial charge on any atom is 0.408 e. The van der Waals surface area contributed by atoms with Crippen molar-refractivity contribution in [1.82, 2.24) is 10.6 Å². The SMILES string of the molecule is CC(C)(C)OC(=O)[C@H](Cc1ccccc1)NC(=O)CC[C@H](NC(=O)OCc1ccccc1)C(=O)OC(C)(C)C. The van der Waals surface area contributed by atoms with Crippen LogP contribution in [0.2, 0.25) is 0 Å². The van der Waals surface area contributed by atoms with Gasteiger partial charge in [-0.3, -0.25) is 4.79 Å². The second kappa shape index (κ2) is 14.3. The zero-order valence-corrected chi connectivity index (χ0v) is 23.6. The molecule has 2 atom stereocenters. The quantitative estimate of drug-likeness (QED) is 0.319. The molecule has 9 heteroatoms. The van der Waals surface area contributed by atoms with E-state index in [2.05, 4.69) is 10.6 Å². The smallest absolute Gasteiger partial charge is 0.408 e. The maximum atomic E-state index is 12.9. The molecule has 2 N–H and O–H groups in total. The summed E-state index contributed by atoms with van der Waals surface area (Å²) >= 11 is 0. The molecule has 2 rings (SSSR count). The minimum atomic E-state index is -1.13. The number of carbonyl (C=O) groups is 4. The predicted molar refractivity (Wildman–Crippen MR) is 147 cm³/mol. The molecule has 0 bridgehead atoms. The molecule has 0 aliphatic rings. The number of esters is 2. The fraction of sp³-hybridized carbons (Fsp3) is 0.467. The number of alkyl carbamates (subject to hydrolysis) is 1. The summed E-state index contributed by atoms with van der Waals surface area (Å²) in [6, 6.07) is 16.3. The van der Waals surface area contributed by atoms with Crippen LogP contribution in [-0.4, -0.2) is 47.2 Å². The topological polar surface area (TPSA) is 120 Å². The van der Waals surface area contributed by atoms with Crippen LogP contribution in [0.5, 0.6) is 0 Å². The normalized spacial score (nSPS) is 13.0. The fourth-order valence-corrected chi connectivity index (χ4v) is 3.49. The third kappa shape index (κ3) is 13.0. The summed E-state index contributed by atoms with van der Waals surface area (Å²) in [6.45, 7) is 10.4. The molecule has 0 aromatic heterocycles. The number of hydrogen-bond acceptors (Lipinski definition) is 7.